The number of carbonyl (C=O) groups is 1. The molecule has 0 aliphatic carbocycles. The Morgan fingerprint density at radius 3 is 2.22 bits per heavy atom. The maximum Gasteiger partial charge on any atom is 0.315 e. The van der Waals surface area contributed by atoms with Crippen LogP contribution >= 0.6 is 0 Å². The second-order valence-corrected chi connectivity index (χ2v) is 8.08. The zero-order chi connectivity index (χ0) is 20.2. The summed E-state index contributed by atoms with van der Waals surface area (Å²) in [5, 5.41) is 21.0. The Bertz CT molecular complexity index is 943. The van der Waals surface area contributed by atoms with Crippen molar-refractivity contribution in [3.8, 4) is 0 Å². The van der Waals surface area contributed by atoms with E-state index in [1.54, 1.807) is 44.2 Å². The van der Waals surface area contributed by atoms with Crippen molar-refractivity contribution in [1.29, 1.82) is 0 Å². The summed E-state index contributed by atoms with van der Waals surface area (Å²) in [5.41, 5.74) is -1.66. The fourth-order valence-corrected chi connectivity index (χ4v) is 4.19. The van der Waals surface area contributed by atoms with Gasteiger partial charge in [0.1, 0.15) is 5.41 Å². The van der Waals surface area contributed by atoms with Crippen LogP contribution in [0.2, 0.25) is 0 Å². The van der Waals surface area contributed by atoms with Crippen molar-refractivity contribution < 1.29 is 23.2 Å². The molecular weight excluding hydrogens is 372 g/mol. The second kappa shape index (κ2) is 7.85. The van der Waals surface area contributed by atoms with Gasteiger partial charge >= 0.3 is 5.97 Å². The van der Waals surface area contributed by atoms with Gasteiger partial charge in [-0.05, 0) is 17.5 Å². The Hall–Kier alpha value is -2.78. The molecule has 9 heteroatoms. The number of hydrogen-bond donors (Lipinski definition) is 2. The first kappa shape index (κ1) is 20.5. The molecule has 0 heterocycles. The highest BCUT2D eigenvalue weighted by Gasteiger charge is 2.44. The van der Waals surface area contributed by atoms with Crippen LogP contribution in [-0.2, 0) is 20.2 Å². The van der Waals surface area contributed by atoms with Crippen molar-refractivity contribution >= 4 is 21.7 Å². The number of benzene rings is 2. The highest BCUT2D eigenvalue weighted by atomic mass is 32.2. The van der Waals surface area contributed by atoms with Crippen LogP contribution in [0.25, 0.3) is 0 Å². The SMILES string of the molecule is CC(C)[C@](CNS(=O)(=O)c1ccccc1[N+](=O)[O-])(C(=O)O)c1ccccc1. The van der Waals surface area contributed by atoms with Gasteiger partial charge in [-0.25, -0.2) is 13.1 Å². The average molecular weight is 392 g/mol. The number of nitro groups is 1. The smallest absolute Gasteiger partial charge is 0.315 e. The van der Waals surface area contributed by atoms with Gasteiger partial charge in [-0.2, -0.15) is 0 Å². The Kier molecular flexibility index (Phi) is 5.97. The molecule has 144 valence electrons. The minimum absolute atomic E-state index is 0.442. The number of nitro benzene ring substituents is 1. The Morgan fingerprint density at radius 2 is 1.70 bits per heavy atom. The highest BCUT2D eigenvalue weighted by Crippen LogP contribution is 2.33. The van der Waals surface area contributed by atoms with Gasteiger partial charge in [-0.15, -0.1) is 0 Å². The Balaban J connectivity index is 2.47. The third-order valence-corrected chi connectivity index (χ3v) is 6.00. The van der Waals surface area contributed by atoms with Crippen LogP contribution in [0.15, 0.2) is 59.5 Å². The van der Waals surface area contributed by atoms with Gasteiger partial charge in [0, 0.05) is 12.6 Å². The molecule has 0 aliphatic heterocycles. The lowest BCUT2D eigenvalue weighted by Crippen LogP contribution is -2.50. The summed E-state index contributed by atoms with van der Waals surface area (Å²) in [6.07, 6.45) is 0. The maximum absolute atomic E-state index is 12.7. The second-order valence-electron chi connectivity index (χ2n) is 6.35. The number of aliphatic carboxylic acids is 1. The van der Waals surface area contributed by atoms with Gasteiger partial charge in [0.25, 0.3) is 5.69 Å². The summed E-state index contributed by atoms with van der Waals surface area (Å²) < 4.78 is 27.6. The molecule has 0 saturated heterocycles. The van der Waals surface area contributed by atoms with Gasteiger partial charge in [0.05, 0.1) is 4.92 Å². The first-order chi connectivity index (χ1) is 12.6. The van der Waals surface area contributed by atoms with E-state index in [-0.39, 0.29) is 0 Å². The Labute approximate surface area is 157 Å². The summed E-state index contributed by atoms with van der Waals surface area (Å²) in [7, 11) is -4.30. The van der Waals surface area contributed by atoms with E-state index in [4.69, 9.17) is 0 Å². The van der Waals surface area contributed by atoms with E-state index in [0.717, 1.165) is 12.1 Å². The molecule has 0 amide bonds. The molecule has 2 rings (SSSR count). The lowest BCUT2D eigenvalue weighted by Gasteiger charge is -2.34. The van der Waals surface area contributed by atoms with E-state index in [9.17, 15) is 28.4 Å². The van der Waals surface area contributed by atoms with E-state index >= 15 is 0 Å². The molecule has 2 N–H and O–H groups in total. The topological polar surface area (TPSA) is 127 Å². The van der Waals surface area contributed by atoms with Gasteiger partial charge in [0.2, 0.25) is 10.0 Å². The van der Waals surface area contributed by atoms with E-state index in [1.807, 2.05) is 0 Å². The summed E-state index contributed by atoms with van der Waals surface area (Å²) in [4.78, 5) is 22.0. The van der Waals surface area contributed by atoms with Crippen molar-refractivity contribution in [2.75, 3.05) is 6.54 Å². The fraction of sp³-hybridized carbons (Fsp3) is 0.278. The molecule has 2 aromatic rings. The van der Waals surface area contributed by atoms with Crippen LogP contribution in [-0.4, -0.2) is 31.0 Å². The van der Waals surface area contributed by atoms with Crippen LogP contribution < -0.4 is 4.72 Å². The molecule has 8 nitrogen and oxygen atoms in total. The molecule has 0 aliphatic rings. The maximum atomic E-state index is 12.7. The largest absolute Gasteiger partial charge is 0.481 e. The average Bonchev–Trinajstić information content (AvgIpc) is 2.62. The minimum atomic E-state index is -4.30. The molecule has 1 atom stereocenters. The monoisotopic (exact) mass is 392 g/mol. The van der Waals surface area contributed by atoms with Crippen molar-refractivity contribution in [3.63, 3.8) is 0 Å². The molecule has 27 heavy (non-hydrogen) atoms. The van der Waals surface area contributed by atoms with Gasteiger partial charge in [-0.3, -0.25) is 14.9 Å². The fourth-order valence-electron chi connectivity index (χ4n) is 2.94. The predicted molar refractivity (Wildman–Crippen MR) is 98.9 cm³/mol. The minimum Gasteiger partial charge on any atom is -0.481 e. The lowest BCUT2D eigenvalue weighted by molar-refractivity contribution is -0.387. The van der Waals surface area contributed by atoms with E-state index in [0.29, 0.717) is 5.56 Å². The number of rotatable bonds is 8. The van der Waals surface area contributed by atoms with E-state index in [2.05, 4.69) is 4.72 Å². The number of carboxylic acids is 1. The van der Waals surface area contributed by atoms with Crippen molar-refractivity contribution in [1.82, 2.24) is 4.72 Å². The van der Waals surface area contributed by atoms with Gasteiger partial charge in [0.15, 0.2) is 4.90 Å². The molecule has 0 aromatic heterocycles. The van der Waals surface area contributed by atoms with Crippen LogP contribution in [0.1, 0.15) is 19.4 Å². The lowest BCUT2D eigenvalue weighted by atomic mass is 9.72. The number of carboxylic acid groups (broad SMARTS) is 1. The molecule has 0 fully saturated rings. The third-order valence-electron chi connectivity index (χ3n) is 4.55. The molecule has 0 radical (unpaired) electrons. The van der Waals surface area contributed by atoms with Crippen molar-refractivity contribution in [2.45, 2.75) is 24.2 Å². The van der Waals surface area contributed by atoms with Gasteiger partial charge < -0.3 is 5.11 Å². The zero-order valence-electron chi connectivity index (χ0n) is 14.8. The van der Waals surface area contributed by atoms with Crippen molar-refractivity contribution in [2.24, 2.45) is 5.92 Å². The molecule has 0 unspecified atom stereocenters. The predicted octanol–water partition coefficient (Wildman–Crippen LogP) is 2.55. The molecule has 0 bridgehead atoms. The van der Waals surface area contributed by atoms with Crippen LogP contribution in [0.4, 0.5) is 5.69 Å². The Morgan fingerprint density at radius 1 is 1.15 bits per heavy atom. The first-order valence-corrected chi connectivity index (χ1v) is 9.63. The van der Waals surface area contributed by atoms with Crippen LogP contribution in [0, 0.1) is 16.0 Å². The van der Waals surface area contributed by atoms with Crippen LogP contribution in [0.5, 0.6) is 0 Å². The van der Waals surface area contributed by atoms with E-state index < -0.39 is 49.4 Å². The number of hydrogen-bond acceptors (Lipinski definition) is 5. The zero-order valence-corrected chi connectivity index (χ0v) is 15.6. The number of sulfonamides is 1. The third kappa shape index (κ3) is 3.99. The molecule has 0 saturated carbocycles. The molecular formula is C18H20N2O6S. The quantitative estimate of drug-likeness (QED) is 0.525. The summed E-state index contributed by atoms with van der Waals surface area (Å²) in [6.45, 7) is 2.92. The number of nitrogens with one attached hydrogen (secondary N) is 1. The number of nitrogens with zero attached hydrogens (tertiary/aromatic N) is 1. The molecule has 2 aromatic carbocycles. The first-order valence-electron chi connectivity index (χ1n) is 8.15. The molecule has 0 spiro atoms. The van der Waals surface area contributed by atoms with Crippen LogP contribution in [0.3, 0.4) is 0 Å². The van der Waals surface area contributed by atoms with E-state index in [1.165, 1.54) is 12.1 Å². The summed E-state index contributed by atoms with van der Waals surface area (Å²) in [6, 6.07) is 13.2. The normalized spacial score (nSPS) is 13.9. The standard InChI is InChI=1S/C18H20N2O6S/c1-13(2)18(17(21)22,14-8-4-3-5-9-14)12-19-27(25,26)16-11-7-6-10-15(16)20(23)24/h3-11,13,19H,12H2,1-2H3,(H,21,22)/t18-/m0/s1. The summed E-state index contributed by atoms with van der Waals surface area (Å²) in [5.74, 6) is -1.64. The van der Waals surface area contributed by atoms with Crippen molar-refractivity contribution in [3.05, 3.63) is 70.3 Å². The highest BCUT2D eigenvalue weighted by molar-refractivity contribution is 7.89. The van der Waals surface area contributed by atoms with Gasteiger partial charge in [-0.1, -0.05) is 56.3 Å². The number of para-hydroxylation sites is 1. The summed E-state index contributed by atoms with van der Waals surface area (Å²) >= 11 is 0.